The summed E-state index contributed by atoms with van der Waals surface area (Å²) in [5, 5.41) is 2.82. The molecule has 1 saturated carbocycles. The first-order chi connectivity index (χ1) is 8.40. The molecule has 1 aromatic carbocycles. The fraction of sp³-hybridized carbons (Fsp3) is 0.500. The van der Waals surface area contributed by atoms with Crippen LogP contribution in [-0.4, -0.2) is 5.91 Å². The van der Waals surface area contributed by atoms with Crippen molar-refractivity contribution in [3.05, 3.63) is 24.0 Å². The van der Waals surface area contributed by atoms with E-state index < -0.39 is 5.82 Å². The number of nitrogen functional groups attached to an aromatic ring is 1. The summed E-state index contributed by atoms with van der Waals surface area (Å²) in [6.45, 7) is 4.23. The van der Waals surface area contributed by atoms with E-state index in [1.165, 1.54) is 18.2 Å². The normalized spacial score (nSPS) is 21.8. The maximum atomic E-state index is 13.0. The molecule has 1 aromatic rings. The molecule has 1 aliphatic rings. The molecule has 1 aliphatic carbocycles. The molecule has 18 heavy (non-hydrogen) atoms. The predicted octanol–water partition coefficient (Wildman–Crippen LogP) is 3.17. The second-order valence-corrected chi connectivity index (χ2v) is 5.66. The summed E-state index contributed by atoms with van der Waals surface area (Å²) in [5.74, 6) is -0.443. The highest BCUT2D eigenvalue weighted by Gasteiger charge is 2.39. The van der Waals surface area contributed by atoms with Crippen molar-refractivity contribution in [2.75, 3.05) is 11.1 Å². The van der Waals surface area contributed by atoms with Gasteiger partial charge in [-0.3, -0.25) is 4.79 Å². The van der Waals surface area contributed by atoms with E-state index in [1.54, 1.807) is 0 Å². The third kappa shape index (κ3) is 2.47. The van der Waals surface area contributed by atoms with E-state index in [1.807, 2.05) is 0 Å². The summed E-state index contributed by atoms with van der Waals surface area (Å²) in [6, 6.07) is 4.26. The molecule has 0 spiro atoms. The molecule has 1 fully saturated rings. The zero-order chi connectivity index (χ0) is 13.3. The Bertz CT molecular complexity index is 471. The monoisotopic (exact) mass is 250 g/mol. The molecule has 1 atom stereocenters. The van der Waals surface area contributed by atoms with E-state index in [9.17, 15) is 9.18 Å². The Morgan fingerprint density at radius 2 is 2.22 bits per heavy atom. The van der Waals surface area contributed by atoms with Crippen molar-refractivity contribution >= 4 is 17.3 Å². The average molecular weight is 250 g/mol. The van der Waals surface area contributed by atoms with Gasteiger partial charge in [0.2, 0.25) is 5.91 Å². The van der Waals surface area contributed by atoms with Gasteiger partial charge in [0.15, 0.2) is 0 Å². The van der Waals surface area contributed by atoms with E-state index in [0.717, 1.165) is 19.3 Å². The number of amides is 1. The van der Waals surface area contributed by atoms with Gasteiger partial charge in [-0.05, 0) is 36.5 Å². The van der Waals surface area contributed by atoms with Crippen LogP contribution in [0.2, 0.25) is 0 Å². The molecule has 0 radical (unpaired) electrons. The molecule has 4 heteroatoms. The van der Waals surface area contributed by atoms with Crippen LogP contribution in [0.3, 0.4) is 0 Å². The van der Waals surface area contributed by atoms with Crippen molar-refractivity contribution in [1.82, 2.24) is 0 Å². The van der Waals surface area contributed by atoms with Gasteiger partial charge < -0.3 is 11.1 Å². The van der Waals surface area contributed by atoms with Crippen LogP contribution < -0.4 is 11.1 Å². The van der Waals surface area contributed by atoms with Gasteiger partial charge in [-0.25, -0.2) is 4.39 Å². The van der Waals surface area contributed by atoms with Crippen LogP contribution in [0.1, 0.15) is 33.1 Å². The van der Waals surface area contributed by atoms with Gasteiger partial charge in [-0.2, -0.15) is 0 Å². The molecule has 0 aliphatic heterocycles. The largest absolute Gasteiger partial charge is 0.396 e. The van der Waals surface area contributed by atoms with E-state index in [2.05, 4.69) is 19.2 Å². The number of anilines is 2. The molecule has 3 N–H and O–H groups in total. The summed E-state index contributed by atoms with van der Waals surface area (Å²) in [7, 11) is 0. The van der Waals surface area contributed by atoms with Crippen molar-refractivity contribution in [3.63, 3.8) is 0 Å². The van der Waals surface area contributed by atoms with Crippen LogP contribution >= 0.6 is 0 Å². The van der Waals surface area contributed by atoms with Crippen LogP contribution in [0.5, 0.6) is 0 Å². The van der Waals surface area contributed by atoms with Crippen LogP contribution in [0.25, 0.3) is 0 Å². The number of hydrogen-bond donors (Lipinski definition) is 2. The Balaban J connectivity index is 2.09. The Hall–Kier alpha value is -1.58. The van der Waals surface area contributed by atoms with Crippen LogP contribution in [0.4, 0.5) is 15.8 Å². The molecule has 0 aromatic heterocycles. The van der Waals surface area contributed by atoms with Crippen LogP contribution in [-0.2, 0) is 4.79 Å². The minimum Gasteiger partial charge on any atom is -0.396 e. The standard InChI is InChI=1S/C14H19FN2O/c1-14(2)7-3-4-10(14)13(18)17-9-5-6-11(15)12(16)8-9/h5-6,8,10H,3-4,7,16H2,1-2H3,(H,17,18). The molecular weight excluding hydrogens is 231 g/mol. The van der Waals surface area contributed by atoms with Crippen molar-refractivity contribution in [2.45, 2.75) is 33.1 Å². The fourth-order valence-electron chi connectivity index (χ4n) is 2.66. The van der Waals surface area contributed by atoms with E-state index in [0.29, 0.717) is 5.69 Å². The van der Waals surface area contributed by atoms with E-state index in [4.69, 9.17) is 5.73 Å². The van der Waals surface area contributed by atoms with Crippen LogP contribution in [0, 0.1) is 17.2 Å². The van der Waals surface area contributed by atoms with Gasteiger partial charge in [0, 0.05) is 11.6 Å². The summed E-state index contributed by atoms with van der Waals surface area (Å²) in [5.41, 5.74) is 6.13. The number of hydrogen-bond acceptors (Lipinski definition) is 2. The van der Waals surface area contributed by atoms with E-state index >= 15 is 0 Å². The molecule has 0 heterocycles. The first-order valence-electron chi connectivity index (χ1n) is 6.26. The lowest BCUT2D eigenvalue weighted by Gasteiger charge is -2.25. The maximum Gasteiger partial charge on any atom is 0.228 e. The highest BCUT2D eigenvalue weighted by Crippen LogP contribution is 2.43. The predicted molar refractivity (Wildman–Crippen MR) is 70.6 cm³/mol. The van der Waals surface area contributed by atoms with Crippen molar-refractivity contribution < 1.29 is 9.18 Å². The lowest BCUT2D eigenvalue weighted by atomic mass is 9.81. The number of carbonyl (C=O) groups excluding carboxylic acids is 1. The first kappa shape index (κ1) is 12.9. The SMILES string of the molecule is CC1(C)CCCC1C(=O)Nc1ccc(F)c(N)c1. The van der Waals surface area contributed by atoms with Gasteiger partial charge in [-0.15, -0.1) is 0 Å². The Labute approximate surface area is 107 Å². The highest BCUT2D eigenvalue weighted by molar-refractivity contribution is 5.93. The highest BCUT2D eigenvalue weighted by atomic mass is 19.1. The van der Waals surface area contributed by atoms with E-state index in [-0.39, 0.29) is 22.9 Å². The number of nitrogens with two attached hydrogens (primary N) is 1. The van der Waals surface area contributed by atoms with Gasteiger partial charge >= 0.3 is 0 Å². The number of carbonyl (C=O) groups is 1. The summed E-state index contributed by atoms with van der Waals surface area (Å²) in [6.07, 6.45) is 3.06. The molecule has 1 amide bonds. The lowest BCUT2D eigenvalue weighted by Crippen LogP contribution is -2.30. The Kier molecular flexibility index (Phi) is 3.28. The maximum absolute atomic E-state index is 13.0. The Morgan fingerprint density at radius 1 is 1.50 bits per heavy atom. The van der Waals surface area contributed by atoms with Crippen molar-refractivity contribution in [1.29, 1.82) is 0 Å². The van der Waals surface area contributed by atoms with Gasteiger partial charge in [0.25, 0.3) is 0 Å². The summed E-state index contributed by atoms with van der Waals surface area (Å²) >= 11 is 0. The van der Waals surface area contributed by atoms with Gasteiger partial charge in [0.05, 0.1) is 5.69 Å². The minimum atomic E-state index is -0.464. The molecule has 0 saturated heterocycles. The molecule has 2 rings (SSSR count). The zero-order valence-corrected chi connectivity index (χ0v) is 10.8. The number of benzene rings is 1. The molecular formula is C14H19FN2O. The van der Waals surface area contributed by atoms with Gasteiger partial charge in [0.1, 0.15) is 5.82 Å². The fourth-order valence-corrected chi connectivity index (χ4v) is 2.66. The second-order valence-electron chi connectivity index (χ2n) is 5.66. The quantitative estimate of drug-likeness (QED) is 0.792. The summed E-state index contributed by atoms with van der Waals surface area (Å²) in [4.78, 5) is 12.2. The minimum absolute atomic E-state index is 0.00325. The van der Waals surface area contributed by atoms with Crippen molar-refractivity contribution in [2.24, 2.45) is 11.3 Å². The number of nitrogens with one attached hydrogen (secondary N) is 1. The number of halogens is 1. The first-order valence-corrected chi connectivity index (χ1v) is 6.26. The topological polar surface area (TPSA) is 55.1 Å². The lowest BCUT2D eigenvalue weighted by molar-refractivity contribution is -0.122. The second kappa shape index (κ2) is 4.59. The van der Waals surface area contributed by atoms with Crippen LogP contribution in [0.15, 0.2) is 18.2 Å². The molecule has 3 nitrogen and oxygen atoms in total. The van der Waals surface area contributed by atoms with Gasteiger partial charge in [-0.1, -0.05) is 20.3 Å². The molecule has 0 bridgehead atoms. The number of rotatable bonds is 2. The third-order valence-corrected chi connectivity index (χ3v) is 3.84. The van der Waals surface area contributed by atoms with Crippen molar-refractivity contribution in [3.8, 4) is 0 Å². The Morgan fingerprint density at radius 3 is 2.78 bits per heavy atom. The smallest absolute Gasteiger partial charge is 0.228 e. The average Bonchev–Trinajstić information content (AvgIpc) is 2.63. The third-order valence-electron chi connectivity index (χ3n) is 3.84. The molecule has 1 unspecified atom stereocenters. The molecule has 98 valence electrons. The summed E-state index contributed by atoms with van der Waals surface area (Å²) < 4.78 is 13.0. The zero-order valence-electron chi connectivity index (χ0n) is 10.8.